The van der Waals surface area contributed by atoms with Crippen molar-refractivity contribution in [2.75, 3.05) is 18.1 Å². The number of hydrogen-bond acceptors (Lipinski definition) is 3. The average Bonchev–Trinajstić information content (AvgIpc) is 2.77. The molecule has 19 heavy (non-hydrogen) atoms. The predicted octanol–water partition coefficient (Wildman–Crippen LogP) is 3.20. The van der Waals surface area contributed by atoms with Gasteiger partial charge in [0, 0.05) is 37.2 Å². The molecule has 1 aromatic rings. The second-order valence-corrected chi connectivity index (χ2v) is 6.50. The van der Waals surface area contributed by atoms with E-state index in [1.807, 2.05) is 6.20 Å². The van der Waals surface area contributed by atoms with Crippen LogP contribution in [0.1, 0.15) is 39.9 Å². The highest BCUT2D eigenvalue weighted by Gasteiger charge is 2.12. The second-order valence-electron chi connectivity index (χ2n) is 5.43. The highest BCUT2D eigenvalue weighted by atomic mass is 32.2. The molecule has 0 aromatic carbocycles. The van der Waals surface area contributed by atoms with Crippen LogP contribution in [0.3, 0.4) is 0 Å². The van der Waals surface area contributed by atoms with Crippen molar-refractivity contribution < 1.29 is 0 Å². The van der Waals surface area contributed by atoms with Crippen molar-refractivity contribution in [1.82, 2.24) is 14.9 Å². The third-order valence-electron chi connectivity index (χ3n) is 2.96. The molecule has 0 radical (unpaired) electrons. The van der Waals surface area contributed by atoms with E-state index in [9.17, 15) is 0 Å². The van der Waals surface area contributed by atoms with Crippen molar-refractivity contribution in [3.8, 4) is 0 Å². The average molecular weight is 283 g/mol. The summed E-state index contributed by atoms with van der Waals surface area (Å²) in [6.45, 7) is 11.1. The van der Waals surface area contributed by atoms with E-state index in [-0.39, 0.29) is 0 Å². The topological polar surface area (TPSA) is 29.9 Å². The van der Waals surface area contributed by atoms with E-state index in [0.717, 1.165) is 31.8 Å². The number of thioether (sulfide) groups is 1. The molecule has 1 unspecified atom stereocenters. The SMILES string of the molecule is CCCn1ccnc1CC(CSCC(C)C)NCC. The fourth-order valence-electron chi connectivity index (χ4n) is 2.12. The van der Waals surface area contributed by atoms with Crippen LogP contribution >= 0.6 is 11.8 Å². The number of likely N-dealkylation sites (N-methyl/N-ethyl adjacent to an activating group) is 1. The fraction of sp³-hybridized carbons (Fsp3) is 0.800. The molecule has 1 aromatic heterocycles. The third kappa shape index (κ3) is 6.48. The Morgan fingerprint density at radius 2 is 2.11 bits per heavy atom. The molecule has 0 spiro atoms. The number of nitrogens with zero attached hydrogens (tertiary/aromatic N) is 2. The van der Waals surface area contributed by atoms with Crippen LogP contribution in [-0.2, 0) is 13.0 Å². The quantitative estimate of drug-likeness (QED) is 0.715. The Hall–Kier alpha value is -0.480. The summed E-state index contributed by atoms with van der Waals surface area (Å²) in [7, 11) is 0. The molecule has 1 heterocycles. The molecule has 0 saturated carbocycles. The van der Waals surface area contributed by atoms with E-state index in [1.165, 1.54) is 17.3 Å². The lowest BCUT2D eigenvalue weighted by molar-refractivity contribution is 0.534. The van der Waals surface area contributed by atoms with Crippen LogP contribution in [0, 0.1) is 5.92 Å². The molecule has 4 heteroatoms. The van der Waals surface area contributed by atoms with E-state index in [0.29, 0.717) is 6.04 Å². The summed E-state index contributed by atoms with van der Waals surface area (Å²) in [4.78, 5) is 4.51. The van der Waals surface area contributed by atoms with Crippen molar-refractivity contribution in [1.29, 1.82) is 0 Å². The standard InChI is InChI=1S/C15H29N3S/c1-5-8-18-9-7-17-15(18)10-14(16-6-2)12-19-11-13(3)4/h7,9,13-14,16H,5-6,8,10-12H2,1-4H3. The van der Waals surface area contributed by atoms with Gasteiger partial charge >= 0.3 is 0 Å². The molecule has 1 N–H and O–H groups in total. The Balaban J connectivity index is 2.49. The molecular weight excluding hydrogens is 254 g/mol. The number of aromatic nitrogens is 2. The van der Waals surface area contributed by atoms with Crippen LogP contribution in [0.2, 0.25) is 0 Å². The zero-order chi connectivity index (χ0) is 14.1. The van der Waals surface area contributed by atoms with E-state index >= 15 is 0 Å². The lowest BCUT2D eigenvalue weighted by atomic mass is 10.2. The van der Waals surface area contributed by atoms with Crippen LogP contribution in [0.25, 0.3) is 0 Å². The van der Waals surface area contributed by atoms with Crippen molar-refractivity contribution in [3.63, 3.8) is 0 Å². The van der Waals surface area contributed by atoms with Gasteiger partial charge in [0.1, 0.15) is 5.82 Å². The molecule has 0 aliphatic rings. The maximum atomic E-state index is 4.51. The molecule has 110 valence electrons. The first-order valence-electron chi connectivity index (χ1n) is 7.48. The number of imidazole rings is 1. The Bertz CT molecular complexity index is 336. The minimum atomic E-state index is 0.534. The summed E-state index contributed by atoms with van der Waals surface area (Å²) >= 11 is 2.05. The van der Waals surface area contributed by atoms with Gasteiger partial charge in [-0.25, -0.2) is 4.98 Å². The first kappa shape index (κ1) is 16.6. The van der Waals surface area contributed by atoms with E-state index in [4.69, 9.17) is 0 Å². The molecule has 0 fully saturated rings. The Kier molecular flexibility index (Phi) is 8.22. The smallest absolute Gasteiger partial charge is 0.110 e. The van der Waals surface area contributed by atoms with Crippen LogP contribution in [0.5, 0.6) is 0 Å². The molecule has 1 rings (SSSR count). The van der Waals surface area contributed by atoms with Gasteiger partial charge in [0.15, 0.2) is 0 Å². The maximum absolute atomic E-state index is 4.51. The van der Waals surface area contributed by atoms with Crippen LogP contribution in [0.4, 0.5) is 0 Å². The summed E-state index contributed by atoms with van der Waals surface area (Å²) in [6, 6.07) is 0.534. The molecular formula is C15H29N3S. The van der Waals surface area contributed by atoms with Crippen molar-refractivity contribution >= 4 is 11.8 Å². The van der Waals surface area contributed by atoms with Gasteiger partial charge in [-0.2, -0.15) is 11.8 Å². The molecule has 0 aliphatic carbocycles. The second kappa shape index (κ2) is 9.43. The van der Waals surface area contributed by atoms with Crippen molar-refractivity contribution in [2.45, 2.75) is 53.1 Å². The van der Waals surface area contributed by atoms with Crippen LogP contribution in [-0.4, -0.2) is 33.6 Å². The van der Waals surface area contributed by atoms with Gasteiger partial charge in [0.05, 0.1) is 0 Å². The summed E-state index contributed by atoms with van der Waals surface area (Å²) < 4.78 is 2.29. The molecule has 1 atom stereocenters. The lowest BCUT2D eigenvalue weighted by Gasteiger charge is -2.18. The van der Waals surface area contributed by atoms with Crippen molar-refractivity contribution in [2.24, 2.45) is 5.92 Å². The minimum Gasteiger partial charge on any atom is -0.335 e. The largest absolute Gasteiger partial charge is 0.335 e. The van der Waals surface area contributed by atoms with Gasteiger partial charge < -0.3 is 9.88 Å². The molecule has 0 amide bonds. The number of aryl methyl sites for hydroxylation is 1. The summed E-state index contributed by atoms with van der Waals surface area (Å²) in [5.74, 6) is 4.41. The summed E-state index contributed by atoms with van der Waals surface area (Å²) in [5.41, 5.74) is 0. The van der Waals surface area contributed by atoms with E-state index in [2.05, 4.69) is 60.5 Å². The normalized spacial score (nSPS) is 13.1. The zero-order valence-corrected chi connectivity index (χ0v) is 13.7. The van der Waals surface area contributed by atoms with Crippen LogP contribution in [0.15, 0.2) is 12.4 Å². The van der Waals surface area contributed by atoms with Crippen molar-refractivity contribution in [3.05, 3.63) is 18.2 Å². The third-order valence-corrected chi connectivity index (χ3v) is 4.50. The molecule has 0 saturated heterocycles. The van der Waals surface area contributed by atoms with Gasteiger partial charge in [-0.1, -0.05) is 27.7 Å². The maximum Gasteiger partial charge on any atom is 0.110 e. The highest BCUT2D eigenvalue weighted by molar-refractivity contribution is 7.99. The Morgan fingerprint density at radius 1 is 1.32 bits per heavy atom. The van der Waals surface area contributed by atoms with E-state index < -0.39 is 0 Å². The zero-order valence-electron chi connectivity index (χ0n) is 12.9. The number of nitrogens with one attached hydrogen (secondary N) is 1. The first-order valence-corrected chi connectivity index (χ1v) is 8.63. The first-order chi connectivity index (χ1) is 9.17. The fourth-order valence-corrected chi connectivity index (χ4v) is 3.25. The van der Waals surface area contributed by atoms with Gasteiger partial charge in [0.2, 0.25) is 0 Å². The summed E-state index contributed by atoms with van der Waals surface area (Å²) in [5, 5.41) is 3.59. The monoisotopic (exact) mass is 283 g/mol. The van der Waals surface area contributed by atoms with Crippen LogP contribution < -0.4 is 5.32 Å². The van der Waals surface area contributed by atoms with Gasteiger partial charge in [-0.05, 0) is 24.6 Å². The molecule has 0 aliphatic heterocycles. The van der Waals surface area contributed by atoms with E-state index in [1.54, 1.807) is 0 Å². The summed E-state index contributed by atoms with van der Waals surface area (Å²) in [6.07, 6.45) is 6.22. The minimum absolute atomic E-state index is 0.534. The van der Waals surface area contributed by atoms with Gasteiger partial charge in [0.25, 0.3) is 0 Å². The number of hydrogen-bond donors (Lipinski definition) is 1. The van der Waals surface area contributed by atoms with Gasteiger partial charge in [-0.15, -0.1) is 0 Å². The van der Waals surface area contributed by atoms with Gasteiger partial charge in [-0.3, -0.25) is 0 Å². The molecule has 3 nitrogen and oxygen atoms in total. The number of rotatable bonds is 10. The highest BCUT2D eigenvalue weighted by Crippen LogP contribution is 2.12. The Morgan fingerprint density at radius 3 is 2.74 bits per heavy atom. The predicted molar refractivity (Wildman–Crippen MR) is 85.8 cm³/mol. The lowest BCUT2D eigenvalue weighted by Crippen LogP contribution is -2.34. The molecule has 0 bridgehead atoms. The Labute approximate surface area is 122 Å².